The number of aliphatic hydroxyl groups is 1. The third-order valence-corrected chi connectivity index (χ3v) is 2.24. The first-order valence-corrected chi connectivity index (χ1v) is 5.48. The summed E-state index contributed by atoms with van der Waals surface area (Å²) >= 11 is 11.4. The fourth-order valence-corrected chi connectivity index (χ4v) is 1.62. The van der Waals surface area contributed by atoms with Gasteiger partial charge in [-0.15, -0.1) is 0 Å². The summed E-state index contributed by atoms with van der Waals surface area (Å²) in [6, 6.07) is 1.40. The summed E-state index contributed by atoms with van der Waals surface area (Å²) in [5.74, 6) is 0.347. The van der Waals surface area contributed by atoms with E-state index >= 15 is 0 Å². The van der Waals surface area contributed by atoms with Crippen molar-refractivity contribution in [3.05, 3.63) is 16.4 Å². The van der Waals surface area contributed by atoms with Crippen molar-refractivity contribution < 1.29 is 5.11 Å². The van der Waals surface area contributed by atoms with Gasteiger partial charge in [0, 0.05) is 6.07 Å². The molecule has 0 amide bonds. The fourth-order valence-electron chi connectivity index (χ4n) is 1.19. The molecule has 0 aliphatic heterocycles. The lowest BCUT2D eigenvalue weighted by Crippen LogP contribution is -2.24. The summed E-state index contributed by atoms with van der Waals surface area (Å²) in [5.41, 5.74) is 0. The molecule has 0 unspecified atom stereocenters. The second-order valence-corrected chi connectivity index (χ2v) is 3.92. The molecule has 0 aliphatic rings. The molecule has 0 fully saturated rings. The lowest BCUT2D eigenvalue weighted by atomic mass is 10.2. The van der Waals surface area contributed by atoms with Crippen LogP contribution >= 0.6 is 23.2 Å². The third kappa shape index (κ3) is 4.20. The first-order chi connectivity index (χ1) is 7.15. The molecule has 0 spiro atoms. The van der Waals surface area contributed by atoms with Crippen LogP contribution < -0.4 is 5.32 Å². The van der Waals surface area contributed by atoms with E-state index in [1.807, 2.05) is 6.92 Å². The highest BCUT2D eigenvalue weighted by atomic mass is 35.5. The maximum absolute atomic E-state index is 9.07. The first kappa shape index (κ1) is 12.5. The van der Waals surface area contributed by atoms with E-state index in [-0.39, 0.29) is 23.0 Å². The zero-order valence-electron chi connectivity index (χ0n) is 8.37. The highest BCUT2D eigenvalue weighted by Gasteiger charge is 2.08. The van der Waals surface area contributed by atoms with E-state index in [9.17, 15) is 0 Å². The van der Waals surface area contributed by atoms with E-state index < -0.39 is 0 Å². The minimum absolute atomic E-state index is 0.0291. The van der Waals surface area contributed by atoms with Gasteiger partial charge in [-0.2, -0.15) is 0 Å². The number of nitrogens with one attached hydrogen (secondary N) is 1. The molecule has 1 atom stereocenters. The Kier molecular flexibility index (Phi) is 5.08. The van der Waals surface area contributed by atoms with E-state index in [0.29, 0.717) is 5.95 Å². The number of hydrogen-bond acceptors (Lipinski definition) is 4. The van der Waals surface area contributed by atoms with Crippen LogP contribution in [0.15, 0.2) is 6.07 Å². The molecule has 1 aromatic heterocycles. The predicted octanol–water partition coefficient (Wildman–Crippen LogP) is 2.36. The van der Waals surface area contributed by atoms with Gasteiger partial charge >= 0.3 is 0 Å². The van der Waals surface area contributed by atoms with Crippen molar-refractivity contribution in [1.29, 1.82) is 0 Å². The average molecular weight is 250 g/mol. The molecule has 0 aromatic carbocycles. The number of rotatable bonds is 5. The van der Waals surface area contributed by atoms with Crippen molar-refractivity contribution in [1.82, 2.24) is 9.97 Å². The van der Waals surface area contributed by atoms with Gasteiger partial charge < -0.3 is 10.4 Å². The number of nitrogens with zero attached hydrogens (tertiary/aromatic N) is 2. The molecular weight excluding hydrogens is 237 g/mol. The number of halogens is 2. The van der Waals surface area contributed by atoms with Crippen molar-refractivity contribution in [3.63, 3.8) is 0 Å². The smallest absolute Gasteiger partial charge is 0.225 e. The SMILES string of the molecule is CCC[C@H](CO)Nc1nc(Cl)cc(Cl)n1. The quantitative estimate of drug-likeness (QED) is 0.787. The summed E-state index contributed by atoms with van der Waals surface area (Å²) in [6.45, 7) is 2.07. The first-order valence-electron chi connectivity index (χ1n) is 4.73. The lowest BCUT2D eigenvalue weighted by Gasteiger charge is -2.15. The van der Waals surface area contributed by atoms with Crippen LogP contribution in [0, 0.1) is 0 Å². The molecule has 1 rings (SSSR count). The van der Waals surface area contributed by atoms with Crippen LogP contribution in [0.25, 0.3) is 0 Å². The van der Waals surface area contributed by atoms with Crippen LogP contribution in [0.3, 0.4) is 0 Å². The summed E-state index contributed by atoms with van der Waals surface area (Å²) in [6.07, 6.45) is 1.80. The van der Waals surface area contributed by atoms with Crippen LogP contribution in [-0.4, -0.2) is 27.7 Å². The number of hydrogen-bond donors (Lipinski definition) is 2. The highest BCUT2D eigenvalue weighted by Crippen LogP contribution is 2.15. The summed E-state index contributed by atoms with van der Waals surface area (Å²) < 4.78 is 0. The van der Waals surface area contributed by atoms with Crippen LogP contribution in [0.4, 0.5) is 5.95 Å². The minimum Gasteiger partial charge on any atom is -0.394 e. The Morgan fingerprint density at radius 1 is 1.40 bits per heavy atom. The number of anilines is 1. The topological polar surface area (TPSA) is 58.0 Å². The molecule has 84 valence electrons. The van der Waals surface area contributed by atoms with Crippen molar-refractivity contribution in [3.8, 4) is 0 Å². The molecule has 2 N–H and O–H groups in total. The van der Waals surface area contributed by atoms with Crippen LogP contribution in [0.2, 0.25) is 10.3 Å². The predicted molar refractivity (Wildman–Crippen MR) is 61.5 cm³/mol. The molecule has 0 bridgehead atoms. The summed E-state index contributed by atoms with van der Waals surface area (Å²) in [4.78, 5) is 7.90. The summed E-state index contributed by atoms with van der Waals surface area (Å²) in [7, 11) is 0. The van der Waals surface area contributed by atoms with Crippen molar-refractivity contribution in [2.75, 3.05) is 11.9 Å². The van der Waals surface area contributed by atoms with Gasteiger partial charge in [0.15, 0.2) is 0 Å². The van der Waals surface area contributed by atoms with Gasteiger partial charge in [-0.3, -0.25) is 0 Å². The van der Waals surface area contributed by atoms with Gasteiger partial charge in [0.1, 0.15) is 10.3 Å². The van der Waals surface area contributed by atoms with Crippen molar-refractivity contribution in [2.24, 2.45) is 0 Å². The Morgan fingerprint density at radius 3 is 2.47 bits per heavy atom. The van der Waals surface area contributed by atoms with Gasteiger partial charge in [0.25, 0.3) is 0 Å². The fraction of sp³-hybridized carbons (Fsp3) is 0.556. The molecule has 1 heterocycles. The van der Waals surface area contributed by atoms with Crippen molar-refractivity contribution >= 4 is 29.2 Å². The zero-order valence-corrected chi connectivity index (χ0v) is 9.89. The second-order valence-electron chi connectivity index (χ2n) is 3.15. The van der Waals surface area contributed by atoms with E-state index in [1.165, 1.54) is 6.07 Å². The maximum atomic E-state index is 9.07. The maximum Gasteiger partial charge on any atom is 0.225 e. The standard InChI is InChI=1S/C9H13Cl2N3O/c1-2-3-6(5-15)12-9-13-7(10)4-8(11)14-9/h4,6,15H,2-3,5H2,1H3,(H,12,13,14)/t6-/m1/s1. The Balaban J connectivity index is 2.69. The third-order valence-electron chi connectivity index (χ3n) is 1.85. The molecule has 6 heteroatoms. The van der Waals surface area contributed by atoms with E-state index in [1.54, 1.807) is 0 Å². The molecule has 0 saturated heterocycles. The van der Waals surface area contributed by atoms with Gasteiger partial charge in [-0.1, -0.05) is 36.5 Å². The van der Waals surface area contributed by atoms with Crippen LogP contribution in [0.5, 0.6) is 0 Å². The van der Waals surface area contributed by atoms with Gasteiger partial charge in [0.05, 0.1) is 12.6 Å². The Bertz CT molecular complexity index is 302. The molecular formula is C9H13Cl2N3O. The second kappa shape index (κ2) is 6.10. The molecule has 1 aromatic rings. The molecule has 4 nitrogen and oxygen atoms in total. The van der Waals surface area contributed by atoms with Gasteiger partial charge in [-0.05, 0) is 6.42 Å². The minimum atomic E-state index is -0.0652. The van der Waals surface area contributed by atoms with E-state index in [0.717, 1.165) is 12.8 Å². The number of aliphatic hydroxyl groups excluding tert-OH is 1. The normalized spacial score (nSPS) is 12.5. The monoisotopic (exact) mass is 249 g/mol. The van der Waals surface area contributed by atoms with Gasteiger partial charge in [-0.25, -0.2) is 9.97 Å². The Hall–Kier alpha value is -0.580. The van der Waals surface area contributed by atoms with Crippen molar-refractivity contribution in [2.45, 2.75) is 25.8 Å². The number of aromatic nitrogens is 2. The van der Waals surface area contributed by atoms with E-state index in [2.05, 4.69) is 15.3 Å². The molecule has 15 heavy (non-hydrogen) atoms. The zero-order chi connectivity index (χ0) is 11.3. The summed E-state index contributed by atoms with van der Waals surface area (Å²) in [5, 5.41) is 12.6. The molecule has 0 radical (unpaired) electrons. The Morgan fingerprint density at radius 2 is 2.00 bits per heavy atom. The van der Waals surface area contributed by atoms with Gasteiger partial charge in [0.2, 0.25) is 5.95 Å². The molecule has 0 aliphatic carbocycles. The van der Waals surface area contributed by atoms with E-state index in [4.69, 9.17) is 28.3 Å². The van der Waals surface area contributed by atoms with Crippen LogP contribution in [-0.2, 0) is 0 Å². The lowest BCUT2D eigenvalue weighted by molar-refractivity contribution is 0.268. The average Bonchev–Trinajstić information content (AvgIpc) is 2.15. The highest BCUT2D eigenvalue weighted by molar-refractivity contribution is 6.33. The van der Waals surface area contributed by atoms with Crippen LogP contribution in [0.1, 0.15) is 19.8 Å². The largest absolute Gasteiger partial charge is 0.394 e. The Labute approximate surface area is 98.6 Å². The molecule has 0 saturated carbocycles.